The van der Waals surface area contributed by atoms with Gasteiger partial charge in [-0.1, -0.05) is 29.8 Å². The molecular weight excluding hydrogens is 350 g/mol. The van der Waals surface area contributed by atoms with Crippen molar-refractivity contribution < 1.29 is 4.42 Å². The van der Waals surface area contributed by atoms with E-state index in [0.29, 0.717) is 33.6 Å². The van der Waals surface area contributed by atoms with Crippen molar-refractivity contribution >= 4 is 39.5 Å². The van der Waals surface area contributed by atoms with E-state index in [9.17, 15) is 4.79 Å². The first kappa shape index (κ1) is 15.5. The van der Waals surface area contributed by atoms with Crippen LogP contribution in [0.15, 0.2) is 51.7 Å². The average molecular weight is 366 g/mol. The Bertz CT molecular complexity index is 1220. The summed E-state index contributed by atoms with van der Waals surface area (Å²) in [5.41, 5.74) is 3.39. The Morgan fingerprint density at radius 2 is 2.04 bits per heavy atom. The number of nitrogens with zero attached hydrogens (tertiary/aromatic N) is 2. The number of nitrogens with one attached hydrogen (secondary N) is 1. The molecule has 1 aliphatic rings. The lowest BCUT2D eigenvalue weighted by atomic mass is 10.1. The smallest absolute Gasteiger partial charge is 0.354 e. The Balaban J connectivity index is 1.94. The van der Waals surface area contributed by atoms with Crippen LogP contribution in [0.25, 0.3) is 27.8 Å². The summed E-state index contributed by atoms with van der Waals surface area (Å²) in [5, 5.41) is 4.71. The van der Waals surface area contributed by atoms with Crippen LogP contribution < -0.4 is 11.0 Å². The van der Waals surface area contributed by atoms with E-state index < -0.39 is 0 Å². The summed E-state index contributed by atoms with van der Waals surface area (Å²) < 4.78 is 7.70. The van der Waals surface area contributed by atoms with E-state index in [-0.39, 0.29) is 5.69 Å². The summed E-state index contributed by atoms with van der Waals surface area (Å²) in [6, 6.07) is 13.5. The maximum atomic E-state index is 13.0. The fourth-order valence-electron chi connectivity index (χ4n) is 3.29. The van der Waals surface area contributed by atoms with Crippen LogP contribution >= 0.6 is 11.6 Å². The molecule has 4 aromatic rings. The molecule has 2 aromatic carbocycles. The van der Waals surface area contributed by atoms with Crippen LogP contribution in [0.4, 0.5) is 5.82 Å². The normalized spacial score (nSPS) is 14.2. The van der Waals surface area contributed by atoms with E-state index in [2.05, 4.69) is 10.3 Å². The molecule has 5 rings (SSSR count). The lowest BCUT2D eigenvalue weighted by molar-refractivity contribution is 0.664. The van der Waals surface area contributed by atoms with Crippen molar-refractivity contribution in [1.29, 1.82) is 0 Å². The summed E-state index contributed by atoms with van der Waals surface area (Å²) >= 11 is 6.22. The Morgan fingerprint density at radius 1 is 1.23 bits per heavy atom. The molecule has 0 amide bonds. The van der Waals surface area contributed by atoms with Crippen molar-refractivity contribution in [3.8, 4) is 5.69 Å². The summed E-state index contributed by atoms with van der Waals surface area (Å²) in [6.45, 7) is 1.97. The maximum Gasteiger partial charge on any atom is 0.354 e. The fraction of sp³-hybridized carbons (Fsp3) is 0.200. The molecule has 26 heavy (non-hydrogen) atoms. The summed E-state index contributed by atoms with van der Waals surface area (Å²) in [5.74, 6) is 0.504. The third-order valence-corrected chi connectivity index (χ3v) is 4.97. The Morgan fingerprint density at radius 3 is 2.81 bits per heavy atom. The van der Waals surface area contributed by atoms with Crippen LogP contribution in [0, 0.1) is 6.92 Å². The Hall–Kier alpha value is -2.79. The van der Waals surface area contributed by atoms with Gasteiger partial charge in [0.05, 0.1) is 5.69 Å². The molecule has 0 radical (unpaired) electrons. The van der Waals surface area contributed by atoms with Crippen molar-refractivity contribution in [3.05, 3.63) is 63.5 Å². The van der Waals surface area contributed by atoms with E-state index in [1.165, 1.54) is 0 Å². The fourth-order valence-corrected chi connectivity index (χ4v) is 3.46. The number of para-hydroxylation sites is 1. The number of rotatable bonds is 3. The molecule has 0 bridgehead atoms. The van der Waals surface area contributed by atoms with Gasteiger partial charge in [0.15, 0.2) is 11.4 Å². The summed E-state index contributed by atoms with van der Waals surface area (Å²) in [7, 11) is 0. The predicted molar refractivity (Wildman–Crippen MR) is 104 cm³/mol. The van der Waals surface area contributed by atoms with Gasteiger partial charge in [-0.05, 0) is 49.6 Å². The van der Waals surface area contributed by atoms with Gasteiger partial charge in [-0.15, -0.1) is 0 Å². The quantitative estimate of drug-likeness (QED) is 0.573. The molecule has 1 fully saturated rings. The molecule has 5 nitrogen and oxygen atoms in total. The van der Waals surface area contributed by atoms with E-state index in [0.717, 1.165) is 29.5 Å². The van der Waals surface area contributed by atoms with Gasteiger partial charge in [-0.2, -0.15) is 4.98 Å². The molecule has 1 N–H and O–H groups in total. The zero-order chi connectivity index (χ0) is 17.8. The molecule has 1 saturated carbocycles. The topological polar surface area (TPSA) is 60.1 Å². The SMILES string of the molecule is Cc1ccccc1-n1c(=O)nc(NC2CC2)c2oc3ccc(Cl)cc3c21. The van der Waals surface area contributed by atoms with Crippen LogP contribution in [0.5, 0.6) is 0 Å². The first-order chi connectivity index (χ1) is 12.6. The number of fused-ring (bicyclic) bond motifs is 3. The Labute approximate surface area is 154 Å². The predicted octanol–water partition coefficient (Wildman–Crippen LogP) is 4.67. The van der Waals surface area contributed by atoms with Gasteiger partial charge in [-0.25, -0.2) is 4.79 Å². The molecule has 0 saturated heterocycles. The molecule has 130 valence electrons. The van der Waals surface area contributed by atoms with Crippen LogP contribution in [0.3, 0.4) is 0 Å². The van der Waals surface area contributed by atoms with Gasteiger partial charge in [0, 0.05) is 16.5 Å². The molecule has 0 aliphatic heterocycles. The number of anilines is 1. The van der Waals surface area contributed by atoms with Crippen molar-refractivity contribution in [1.82, 2.24) is 9.55 Å². The van der Waals surface area contributed by atoms with E-state index >= 15 is 0 Å². The molecule has 0 unspecified atom stereocenters. The van der Waals surface area contributed by atoms with Crippen molar-refractivity contribution in [2.75, 3.05) is 5.32 Å². The van der Waals surface area contributed by atoms with Gasteiger partial charge in [0.25, 0.3) is 0 Å². The highest BCUT2D eigenvalue weighted by molar-refractivity contribution is 6.31. The molecular formula is C20H16ClN3O2. The third-order valence-electron chi connectivity index (χ3n) is 4.74. The van der Waals surface area contributed by atoms with E-state index in [4.69, 9.17) is 16.0 Å². The summed E-state index contributed by atoms with van der Waals surface area (Å²) in [4.78, 5) is 17.3. The second-order valence-electron chi connectivity index (χ2n) is 6.70. The second kappa shape index (κ2) is 5.61. The molecule has 2 aromatic heterocycles. The van der Waals surface area contributed by atoms with Crippen LogP contribution in [-0.2, 0) is 0 Å². The van der Waals surface area contributed by atoms with Crippen molar-refractivity contribution in [3.63, 3.8) is 0 Å². The number of hydrogen-bond acceptors (Lipinski definition) is 4. The van der Waals surface area contributed by atoms with Crippen LogP contribution in [0.2, 0.25) is 5.02 Å². The minimum absolute atomic E-state index is 0.336. The molecule has 0 atom stereocenters. The molecule has 0 spiro atoms. The van der Waals surface area contributed by atoms with Crippen LogP contribution in [0.1, 0.15) is 18.4 Å². The highest BCUT2D eigenvalue weighted by atomic mass is 35.5. The van der Waals surface area contributed by atoms with Gasteiger partial charge < -0.3 is 9.73 Å². The van der Waals surface area contributed by atoms with Gasteiger partial charge >= 0.3 is 5.69 Å². The minimum atomic E-state index is -0.336. The first-order valence-corrected chi connectivity index (χ1v) is 8.97. The third kappa shape index (κ3) is 2.39. The largest absolute Gasteiger partial charge is 0.450 e. The monoisotopic (exact) mass is 365 g/mol. The van der Waals surface area contributed by atoms with E-state index in [1.807, 2.05) is 43.3 Å². The number of furan rings is 1. The molecule has 6 heteroatoms. The lowest BCUT2D eigenvalue weighted by Gasteiger charge is -2.12. The van der Waals surface area contributed by atoms with Gasteiger partial charge in [-0.3, -0.25) is 4.57 Å². The summed E-state index contributed by atoms with van der Waals surface area (Å²) in [6.07, 6.45) is 2.16. The number of aryl methyl sites for hydroxylation is 1. The number of aromatic nitrogens is 2. The van der Waals surface area contributed by atoms with Crippen LogP contribution in [-0.4, -0.2) is 15.6 Å². The number of halogens is 1. The highest BCUT2D eigenvalue weighted by Gasteiger charge is 2.26. The standard InChI is InChI=1S/C20H16ClN3O2/c1-11-4-2-3-5-15(11)24-17-14-10-12(21)6-9-16(14)26-18(17)19(23-20(24)25)22-13-7-8-13/h2-6,9-10,13H,7-8H2,1H3,(H,22,23,25). The minimum Gasteiger partial charge on any atom is -0.450 e. The second-order valence-corrected chi connectivity index (χ2v) is 7.14. The zero-order valence-corrected chi connectivity index (χ0v) is 14.9. The maximum absolute atomic E-state index is 13.0. The van der Waals surface area contributed by atoms with E-state index in [1.54, 1.807) is 10.6 Å². The van der Waals surface area contributed by atoms with Gasteiger partial charge in [0.2, 0.25) is 0 Å². The first-order valence-electron chi connectivity index (χ1n) is 8.59. The lowest BCUT2D eigenvalue weighted by Crippen LogP contribution is -2.24. The Kier molecular flexibility index (Phi) is 3.34. The number of hydrogen-bond donors (Lipinski definition) is 1. The van der Waals surface area contributed by atoms with Crippen molar-refractivity contribution in [2.45, 2.75) is 25.8 Å². The average Bonchev–Trinajstić information content (AvgIpc) is 3.36. The van der Waals surface area contributed by atoms with Gasteiger partial charge in [0.1, 0.15) is 11.1 Å². The van der Waals surface area contributed by atoms with Crippen molar-refractivity contribution in [2.24, 2.45) is 0 Å². The molecule has 2 heterocycles. The number of benzene rings is 2. The molecule has 1 aliphatic carbocycles. The highest BCUT2D eigenvalue weighted by Crippen LogP contribution is 2.36. The zero-order valence-electron chi connectivity index (χ0n) is 14.1.